The van der Waals surface area contributed by atoms with Gasteiger partial charge in [0.1, 0.15) is 15.7 Å². The van der Waals surface area contributed by atoms with Crippen LogP contribution >= 0.6 is 34.4 Å². The Kier molecular flexibility index (Phi) is 6.80. The highest BCUT2D eigenvalue weighted by atomic mass is 32.2. The zero-order valence-electron chi connectivity index (χ0n) is 16.1. The Labute approximate surface area is 172 Å². The fourth-order valence-electron chi connectivity index (χ4n) is 2.61. The van der Waals surface area contributed by atoms with Gasteiger partial charge < -0.3 is 5.32 Å². The molecule has 0 atom stereocenters. The number of nitrogens with zero attached hydrogens (tertiary/aromatic N) is 5. The molecule has 3 rings (SSSR count). The van der Waals surface area contributed by atoms with E-state index in [0.29, 0.717) is 6.54 Å². The minimum absolute atomic E-state index is 0.675. The zero-order valence-corrected chi connectivity index (χ0v) is 18.5. The number of rotatable bonds is 9. The van der Waals surface area contributed by atoms with Gasteiger partial charge >= 0.3 is 0 Å². The van der Waals surface area contributed by atoms with Crippen molar-refractivity contribution < 1.29 is 0 Å². The number of anilines is 1. The van der Waals surface area contributed by atoms with Gasteiger partial charge in [0.05, 0.1) is 6.54 Å². The second kappa shape index (κ2) is 9.09. The van der Waals surface area contributed by atoms with Crippen LogP contribution in [0.25, 0.3) is 10.2 Å². The number of hydrogen-bond donors (Lipinski definition) is 1. The standard InChI is InChI=1S/C18H24N6S3/c1-6-9-19-17-22-23-18(27-17)26-16-14-11(4)12(5)25-15(14)20-13(21-16)10-24(7-2)8-3/h6H,1,7-10H2,2-5H3,(H,19,22). The van der Waals surface area contributed by atoms with E-state index >= 15 is 0 Å². The van der Waals surface area contributed by atoms with Crippen molar-refractivity contribution in [3.8, 4) is 0 Å². The van der Waals surface area contributed by atoms with Crippen LogP contribution in [-0.4, -0.2) is 44.7 Å². The smallest absolute Gasteiger partial charge is 0.206 e. The minimum Gasteiger partial charge on any atom is -0.357 e. The van der Waals surface area contributed by atoms with Gasteiger partial charge in [0.15, 0.2) is 4.34 Å². The molecule has 0 aromatic carbocycles. The normalized spacial score (nSPS) is 11.4. The molecule has 27 heavy (non-hydrogen) atoms. The summed E-state index contributed by atoms with van der Waals surface area (Å²) in [6.07, 6.45) is 1.80. The van der Waals surface area contributed by atoms with Gasteiger partial charge in [-0.05, 0) is 44.3 Å². The SMILES string of the molecule is C=CCNc1nnc(Sc2nc(CN(CC)CC)nc3sc(C)c(C)c23)s1. The molecule has 0 aliphatic heterocycles. The van der Waals surface area contributed by atoms with E-state index in [0.717, 1.165) is 50.2 Å². The van der Waals surface area contributed by atoms with Gasteiger partial charge in [0.25, 0.3) is 0 Å². The molecule has 144 valence electrons. The lowest BCUT2D eigenvalue weighted by molar-refractivity contribution is 0.288. The van der Waals surface area contributed by atoms with E-state index in [-0.39, 0.29) is 0 Å². The van der Waals surface area contributed by atoms with Crippen LogP contribution < -0.4 is 5.32 Å². The summed E-state index contributed by atoms with van der Waals surface area (Å²) in [6.45, 7) is 15.7. The molecular formula is C18H24N6S3. The Hall–Kier alpha value is -1.55. The molecule has 0 unspecified atom stereocenters. The summed E-state index contributed by atoms with van der Waals surface area (Å²) >= 11 is 4.84. The molecule has 3 heterocycles. The molecule has 6 nitrogen and oxygen atoms in total. The summed E-state index contributed by atoms with van der Waals surface area (Å²) in [5.41, 5.74) is 1.25. The maximum atomic E-state index is 4.90. The molecule has 0 aliphatic rings. The molecule has 3 aromatic rings. The van der Waals surface area contributed by atoms with Crippen molar-refractivity contribution in [3.05, 3.63) is 28.9 Å². The Morgan fingerprint density at radius 1 is 1.15 bits per heavy atom. The van der Waals surface area contributed by atoms with Crippen LogP contribution in [0.3, 0.4) is 0 Å². The average Bonchev–Trinajstić information content (AvgIpc) is 3.22. The number of nitrogens with one attached hydrogen (secondary N) is 1. The average molecular weight is 421 g/mol. The first kappa shape index (κ1) is 20.2. The third kappa shape index (κ3) is 4.66. The molecule has 0 saturated carbocycles. The highest BCUT2D eigenvalue weighted by Crippen LogP contribution is 2.39. The van der Waals surface area contributed by atoms with E-state index in [9.17, 15) is 0 Å². The predicted molar refractivity (Wildman–Crippen MR) is 116 cm³/mol. The van der Waals surface area contributed by atoms with E-state index in [1.807, 2.05) is 0 Å². The molecule has 0 saturated heterocycles. The van der Waals surface area contributed by atoms with Crippen LogP contribution in [-0.2, 0) is 6.54 Å². The summed E-state index contributed by atoms with van der Waals surface area (Å²) in [7, 11) is 0. The molecular weight excluding hydrogens is 396 g/mol. The fourth-order valence-corrected chi connectivity index (χ4v) is 5.60. The second-order valence-corrected chi connectivity index (χ2v) is 9.43. The first-order valence-electron chi connectivity index (χ1n) is 8.90. The van der Waals surface area contributed by atoms with E-state index < -0.39 is 0 Å². The summed E-state index contributed by atoms with van der Waals surface area (Å²) < 4.78 is 0.874. The molecule has 0 radical (unpaired) electrons. The first-order valence-corrected chi connectivity index (χ1v) is 11.4. The van der Waals surface area contributed by atoms with Crippen LogP contribution in [0.2, 0.25) is 0 Å². The number of aromatic nitrogens is 4. The van der Waals surface area contributed by atoms with Crippen molar-refractivity contribution in [2.45, 2.75) is 43.6 Å². The topological polar surface area (TPSA) is 66.8 Å². The van der Waals surface area contributed by atoms with Crippen molar-refractivity contribution in [1.82, 2.24) is 25.1 Å². The quantitative estimate of drug-likeness (QED) is 0.396. The Bertz CT molecular complexity index is 929. The van der Waals surface area contributed by atoms with Gasteiger partial charge in [-0.3, -0.25) is 4.90 Å². The van der Waals surface area contributed by atoms with E-state index in [4.69, 9.17) is 9.97 Å². The Morgan fingerprint density at radius 2 is 1.93 bits per heavy atom. The summed E-state index contributed by atoms with van der Waals surface area (Å²) in [5.74, 6) is 0.865. The van der Waals surface area contributed by atoms with Gasteiger partial charge in [-0.25, -0.2) is 9.97 Å². The lowest BCUT2D eigenvalue weighted by atomic mass is 10.2. The van der Waals surface area contributed by atoms with Crippen LogP contribution in [0.5, 0.6) is 0 Å². The Morgan fingerprint density at radius 3 is 2.63 bits per heavy atom. The lowest BCUT2D eigenvalue weighted by Crippen LogP contribution is -2.23. The lowest BCUT2D eigenvalue weighted by Gasteiger charge is -2.17. The number of hydrogen-bond acceptors (Lipinski definition) is 9. The van der Waals surface area contributed by atoms with Gasteiger partial charge in [-0.15, -0.1) is 28.1 Å². The van der Waals surface area contributed by atoms with E-state index in [1.165, 1.54) is 21.8 Å². The highest BCUT2D eigenvalue weighted by molar-refractivity contribution is 8.01. The van der Waals surface area contributed by atoms with Crippen LogP contribution in [0.15, 0.2) is 22.0 Å². The van der Waals surface area contributed by atoms with Crippen molar-refractivity contribution in [2.24, 2.45) is 0 Å². The molecule has 0 spiro atoms. The molecule has 0 bridgehead atoms. The Balaban J connectivity index is 1.96. The van der Waals surface area contributed by atoms with Gasteiger partial charge in [-0.2, -0.15) is 0 Å². The van der Waals surface area contributed by atoms with Crippen molar-refractivity contribution in [3.63, 3.8) is 0 Å². The van der Waals surface area contributed by atoms with Gasteiger partial charge in [-0.1, -0.05) is 31.3 Å². The molecule has 9 heteroatoms. The van der Waals surface area contributed by atoms with Crippen molar-refractivity contribution in [1.29, 1.82) is 0 Å². The third-order valence-electron chi connectivity index (χ3n) is 4.29. The molecule has 3 aromatic heterocycles. The highest BCUT2D eigenvalue weighted by Gasteiger charge is 2.18. The molecule has 0 amide bonds. The van der Waals surface area contributed by atoms with Crippen molar-refractivity contribution in [2.75, 3.05) is 25.0 Å². The number of fused-ring (bicyclic) bond motifs is 1. The number of aryl methyl sites for hydroxylation is 2. The molecule has 1 N–H and O–H groups in total. The van der Waals surface area contributed by atoms with Crippen LogP contribution in [0.4, 0.5) is 5.13 Å². The number of thiophene rings is 1. The summed E-state index contributed by atoms with van der Waals surface area (Å²) in [6, 6.07) is 0. The first-order chi connectivity index (χ1) is 13.0. The monoisotopic (exact) mass is 420 g/mol. The van der Waals surface area contributed by atoms with Crippen LogP contribution in [0, 0.1) is 13.8 Å². The van der Waals surface area contributed by atoms with Gasteiger partial charge in [0.2, 0.25) is 5.13 Å². The maximum Gasteiger partial charge on any atom is 0.206 e. The third-order valence-corrected chi connectivity index (χ3v) is 7.31. The largest absolute Gasteiger partial charge is 0.357 e. The zero-order chi connectivity index (χ0) is 19.4. The maximum absolute atomic E-state index is 4.90. The van der Waals surface area contributed by atoms with Gasteiger partial charge in [0, 0.05) is 16.8 Å². The second-order valence-electron chi connectivity index (χ2n) is 6.01. The molecule has 0 aliphatic carbocycles. The van der Waals surface area contributed by atoms with Crippen LogP contribution in [0.1, 0.15) is 30.1 Å². The van der Waals surface area contributed by atoms with Crippen molar-refractivity contribution >= 4 is 49.8 Å². The van der Waals surface area contributed by atoms with E-state index in [2.05, 4.69) is 54.7 Å². The predicted octanol–water partition coefficient (Wildman–Crippen LogP) is 4.75. The molecule has 0 fully saturated rings. The minimum atomic E-state index is 0.675. The summed E-state index contributed by atoms with van der Waals surface area (Å²) in [4.78, 5) is 14.4. The summed E-state index contributed by atoms with van der Waals surface area (Å²) in [5, 5.41) is 14.6. The fraction of sp³-hybridized carbons (Fsp3) is 0.444. The van der Waals surface area contributed by atoms with E-state index in [1.54, 1.807) is 29.2 Å².